The highest BCUT2D eigenvalue weighted by atomic mass is 16.2. The molecule has 140 valence electrons. The molecule has 1 aromatic carbocycles. The van der Waals surface area contributed by atoms with E-state index in [1.165, 1.54) is 0 Å². The quantitative estimate of drug-likeness (QED) is 0.865. The summed E-state index contributed by atoms with van der Waals surface area (Å²) in [6.45, 7) is 11.4. The molecule has 26 heavy (non-hydrogen) atoms. The Morgan fingerprint density at radius 1 is 1.19 bits per heavy atom. The first-order chi connectivity index (χ1) is 12.1. The molecular formula is C20H28N4O2. The Morgan fingerprint density at radius 2 is 1.81 bits per heavy atom. The molecule has 1 atom stereocenters. The summed E-state index contributed by atoms with van der Waals surface area (Å²) in [5.41, 5.74) is 3.03. The van der Waals surface area contributed by atoms with Crippen LogP contribution in [0.3, 0.4) is 0 Å². The number of benzene rings is 1. The maximum atomic E-state index is 12.7. The monoisotopic (exact) mass is 356 g/mol. The fraction of sp³-hybridized carbons (Fsp3) is 0.450. The number of hydrogen-bond acceptors (Lipinski definition) is 3. The molecular weight excluding hydrogens is 328 g/mol. The molecule has 0 fully saturated rings. The summed E-state index contributed by atoms with van der Waals surface area (Å²) in [6, 6.07) is 7.34. The van der Waals surface area contributed by atoms with Gasteiger partial charge in [0.1, 0.15) is 6.04 Å². The van der Waals surface area contributed by atoms with Crippen molar-refractivity contribution in [1.82, 2.24) is 20.4 Å². The molecule has 0 radical (unpaired) electrons. The first-order valence-electron chi connectivity index (χ1n) is 8.89. The van der Waals surface area contributed by atoms with Gasteiger partial charge in [-0.15, -0.1) is 0 Å². The third kappa shape index (κ3) is 4.71. The van der Waals surface area contributed by atoms with Crippen molar-refractivity contribution in [3.8, 4) is 5.69 Å². The number of hydrogen-bond donors (Lipinski definition) is 2. The Labute approximate surface area is 155 Å². The van der Waals surface area contributed by atoms with Crippen LogP contribution in [-0.2, 0) is 11.2 Å². The largest absolute Gasteiger partial charge is 0.350 e. The number of nitrogens with zero attached hydrogens (tertiary/aromatic N) is 2. The molecule has 0 spiro atoms. The molecule has 0 bridgehead atoms. The Morgan fingerprint density at radius 3 is 2.35 bits per heavy atom. The van der Waals surface area contributed by atoms with Crippen molar-refractivity contribution in [3.63, 3.8) is 0 Å². The summed E-state index contributed by atoms with van der Waals surface area (Å²) >= 11 is 0. The molecule has 0 saturated carbocycles. The van der Waals surface area contributed by atoms with E-state index in [1.807, 2.05) is 58.9 Å². The minimum atomic E-state index is -0.630. The van der Waals surface area contributed by atoms with Crippen LogP contribution in [0.25, 0.3) is 5.69 Å². The van der Waals surface area contributed by atoms with Crippen LogP contribution < -0.4 is 10.6 Å². The topological polar surface area (TPSA) is 76.0 Å². The minimum absolute atomic E-state index is 0.213. The Kier molecular flexibility index (Phi) is 5.85. The lowest BCUT2D eigenvalue weighted by Crippen LogP contribution is -2.50. The van der Waals surface area contributed by atoms with E-state index in [-0.39, 0.29) is 17.4 Å². The van der Waals surface area contributed by atoms with Crippen molar-refractivity contribution in [2.24, 2.45) is 0 Å². The molecule has 6 heteroatoms. The fourth-order valence-corrected chi connectivity index (χ4v) is 2.63. The molecule has 0 unspecified atom stereocenters. The maximum Gasteiger partial charge on any atom is 0.255 e. The number of rotatable bonds is 5. The summed E-state index contributed by atoms with van der Waals surface area (Å²) in [5, 5.41) is 10.0. The van der Waals surface area contributed by atoms with E-state index in [0.717, 1.165) is 16.9 Å². The molecule has 2 amide bonds. The maximum absolute atomic E-state index is 12.7. The van der Waals surface area contributed by atoms with Crippen molar-refractivity contribution in [1.29, 1.82) is 0 Å². The van der Waals surface area contributed by atoms with Gasteiger partial charge in [-0.3, -0.25) is 9.59 Å². The van der Waals surface area contributed by atoms with E-state index >= 15 is 0 Å². The summed E-state index contributed by atoms with van der Waals surface area (Å²) < 4.78 is 1.77. The first kappa shape index (κ1) is 19.7. The van der Waals surface area contributed by atoms with Crippen molar-refractivity contribution >= 4 is 11.8 Å². The lowest BCUT2D eigenvalue weighted by atomic mass is 10.1. The Balaban J connectivity index is 2.19. The van der Waals surface area contributed by atoms with Gasteiger partial charge in [0, 0.05) is 5.54 Å². The summed E-state index contributed by atoms with van der Waals surface area (Å²) in [4.78, 5) is 24.9. The second kappa shape index (κ2) is 7.72. The van der Waals surface area contributed by atoms with Crippen LogP contribution in [0.2, 0.25) is 0 Å². The average Bonchev–Trinajstić information content (AvgIpc) is 2.97. The molecule has 1 aromatic heterocycles. The molecule has 1 heterocycles. The molecule has 0 saturated heterocycles. The van der Waals surface area contributed by atoms with Crippen molar-refractivity contribution in [2.45, 2.75) is 59.5 Å². The van der Waals surface area contributed by atoms with Crippen molar-refractivity contribution < 1.29 is 9.59 Å². The summed E-state index contributed by atoms with van der Waals surface area (Å²) in [6.07, 6.45) is 2.21. The van der Waals surface area contributed by atoms with Gasteiger partial charge < -0.3 is 10.6 Å². The van der Waals surface area contributed by atoms with E-state index < -0.39 is 6.04 Å². The van der Waals surface area contributed by atoms with Crippen molar-refractivity contribution in [2.75, 3.05) is 0 Å². The molecule has 6 nitrogen and oxygen atoms in total. The van der Waals surface area contributed by atoms with Gasteiger partial charge in [-0.05, 0) is 53.2 Å². The minimum Gasteiger partial charge on any atom is -0.350 e. The molecule has 2 aromatic rings. The highest BCUT2D eigenvalue weighted by molar-refractivity contribution is 5.98. The zero-order chi connectivity index (χ0) is 19.5. The van der Waals surface area contributed by atoms with Crippen LogP contribution in [-0.4, -0.2) is 33.2 Å². The van der Waals surface area contributed by atoms with Crippen LogP contribution in [0.1, 0.15) is 56.2 Å². The second-order valence-electron chi connectivity index (χ2n) is 7.54. The third-order valence-corrected chi connectivity index (χ3v) is 3.97. The number of nitrogens with one attached hydrogen (secondary N) is 2. The van der Waals surface area contributed by atoms with Gasteiger partial charge >= 0.3 is 0 Å². The number of aromatic nitrogens is 2. The molecule has 0 aliphatic heterocycles. The number of carbonyl (C=O) groups excluding carboxylic acids is 2. The zero-order valence-electron chi connectivity index (χ0n) is 16.4. The van der Waals surface area contributed by atoms with E-state index in [9.17, 15) is 9.59 Å². The van der Waals surface area contributed by atoms with Gasteiger partial charge in [0.2, 0.25) is 5.91 Å². The number of amides is 2. The van der Waals surface area contributed by atoms with E-state index in [4.69, 9.17) is 0 Å². The van der Waals surface area contributed by atoms with Gasteiger partial charge in [0.25, 0.3) is 5.91 Å². The van der Waals surface area contributed by atoms with E-state index in [0.29, 0.717) is 12.0 Å². The van der Waals surface area contributed by atoms with Crippen LogP contribution in [0.4, 0.5) is 0 Å². The lowest BCUT2D eigenvalue weighted by Gasteiger charge is -2.23. The first-order valence-corrected chi connectivity index (χ1v) is 8.89. The summed E-state index contributed by atoms with van der Waals surface area (Å²) in [5.74, 6) is -0.508. The molecule has 0 aliphatic rings. The standard InChI is InChI=1S/C20H28N4O2/c1-7-17-16(12-21-24(17)15-10-8-13(2)9-11-15)19(26)22-14(3)18(25)23-20(4,5)6/h8-12,14H,7H2,1-6H3,(H,22,26)(H,23,25)/t14-/m1/s1. The van der Waals surface area contributed by atoms with Crippen LogP contribution in [0, 0.1) is 6.92 Å². The Hall–Kier alpha value is -2.63. The molecule has 0 aliphatic carbocycles. The van der Waals surface area contributed by atoms with Gasteiger partial charge in [-0.1, -0.05) is 24.6 Å². The predicted octanol–water partition coefficient (Wildman–Crippen LogP) is 2.78. The highest BCUT2D eigenvalue weighted by Gasteiger charge is 2.23. The lowest BCUT2D eigenvalue weighted by molar-refractivity contribution is -0.124. The van der Waals surface area contributed by atoms with Crippen LogP contribution in [0.5, 0.6) is 0 Å². The Bertz CT molecular complexity index is 785. The predicted molar refractivity (Wildman–Crippen MR) is 103 cm³/mol. The second-order valence-corrected chi connectivity index (χ2v) is 7.54. The zero-order valence-corrected chi connectivity index (χ0v) is 16.4. The number of carbonyl (C=O) groups is 2. The van der Waals surface area contributed by atoms with Crippen molar-refractivity contribution in [3.05, 3.63) is 47.3 Å². The normalized spacial score (nSPS) is 12.5. The molecule has 2 N–H and O–H groups in total. The van der Waals surface area contributed by atoms with Gasteiger partial charge in [0.05, 0.1) is 23.1 Å². The third-order valence-electron chi connectivity index (χ3n) is 3.97. The number of aryl methyl sites for hydroxylation is 1. The van der Waals surface area contributed by atoms with Gasteiger partial charge in [-0.25, -0.2) is 4.68 Å². The molecule has 2 rings (SSSR count). The highest BCUT2D eigenvalue weighted by Crippen LogP contribution is 2.16. The SMILES string of the molecule is CCc1c(C(=O)N[C@H](C)C(=O)NC(C)(C)C)cnn1-c1ccc(C)cc1. The van der Waals surface area contributed by atoms with Crippen LogP contribution in [0.15, 0.2) is 30.5 Å². The van der Waals surface area contributed by atoms with E-state index in [1.54, 1.807) is 17.8 Å². The van der Waals surface area contributed by atoms with Gasteiger partial charge in [0.15, 0.2) is 0 Å². The van der Waals surface area contributed by atoms with E-state index in [2.05, 4.69) is 15.7 Å². The summed E-state index contributed by atoms with van der Waals surface area (Å²) in [7, 11) is 0. The fourth-order valence-electron chi connectivity index (χ4n) is 2.63. The van der Waals surface area contributed by atoms with Crippen LogP contribution >= 0.6 is 0 Å². The smallest absolute Gasteiger partial charge is 0.255 e. The van der Waals surface area contributed by atoms with Gasteiger partial charge in [-0.2, -0.15) is 5.10 Å². The average molecular weight is 356 g/mol.